The Bertz CT molecular complexity index is 660. The van der Waals surface area contributed by atoms with Gasteiger partial charge in [0.2, 0.25) is 0 Å². The molecule has 2 aliphatic rings. The minimum Gasteiger partial charge on any atom is -0.747 e. The minimum absolute atomic E-state index is 0.233. The minimum atomic E-state index is -4.49. The van der Waals surface area contributed by atoms with Gasteiger partial charge in [-0.05, 0) is 55.8 Å². The Morgan fingerprint density at radius 1 is 1.27 bits per heavy atom. The molecular formula is C19H34O5S2. The highest BCUT2D eigenvalue weighted by Crippen LogP contribution is 2.64. The lowest BCUT2D eigenvalue weighted by Gasteiger charge is -2.32. The van der Waals surface area contributed by atoms with Crippen molar-refractivity contribution in [2.75, 3.05) is 12.0 Å². The molecule has 0 aliphatic heterocycles. The van der Waals surface area contributed by atoms with Crippen LogP contribution in [0.25, 0.3) is 0 Å². The van der Waals surface area contributed by atoms with Crippen LogP contribution < -0.4 is 0 Å². The molecule has 0 aromatic heterocycles. The van der Waals surface area contributed by atoms with E-state index >= 15 is 0 Å². The topological polar surface area (TPSA) is 91.3 Å². The third-order valence-electron chi connectivity index (χ3n) is 6.60. The highest BCUT2D eigenvalue weighted by molar-refractivity contribution is 7.98. The van der Waals surface area contributed by atoms with Gasteiger partial charge in [0.05, 0.1) is 6.26 Å². The largest absolute Gasteiger partial charge is 0.747 e. The maximum Gasteiger partial charge on any atom is 0.181 e. The lowest BCUT2D eigenvalue weighted by Crippen LogP contribution is -2.38. The maximum atomic E-state index is 12.0. The Morgan fingerprint density at radius 3 is 2.04 bits per heavy atom. The molecule has 0 aromatic carbocycles. The standard InChI is InChI=1S/C10H16O4S.C9H19OS/c1-9(2)6-4-5-10(9,3)8(11)7(6)15(12,13)14;1-6-8(10)7-11(5)9(2,3)4/h6-7H,4-5H2,1-3H3,(H,12,13,14);6-7H2,1-5H3/q;+1/p-1. The number of fused-ring (bicyclic) bond motifs is 2. The van der Waals surface area contributed by atoms with E-state index in [1.54, 1.807) is 6.92 Å². The number of carbonyl (C=O) groups is 2. The molecule has 4 unspecified atom stereocenters. The van der Waals surface area contributed by atoms with Crippen LogP contribution in [0.4, 0.5) is 0 Å². The molecule has 0 spiro atoms. The zero-order valence-corrected chi connectivity index (χ0v) is 19.0. The lowest BCUT2D eigenvalue weighted by molar-refractivity contribution is -0.128. The van der Waals surface area contributed by atoms with Gasteiger partial charge in [0.15, 0.2) is 17.3 Å². The summed E-state index contributed by atoms with van der Waals surface area (Å²) in [4.78, 5) is 23.0. The van der Waals surface area contributed by atoms with Crippen LogP contribution in [-0.2, 0) is 30.6 Å². The quantitative estimate of drug-likeness (QED) is 0.529. The molecule has 2 fully saturated rings. The van der Waals surface area contributed by atoms with Crippen molar-refractivity contribution in [3.63, 3.8) is 0 Å². The fourth-order valence-corrected chi connectivity index (χ4v) is 6.42. The van der Waals surface area contributed by atoms with Crippen LogP contribution in [0.5, 0.6) is 0 Å². The van der Waals surface area contributed by atoms with E-state index in [1.807, 2.05) is 20.8 Å². The van der Waals surface area contributed by atoms with E-state index in [2.05, 4.69) is 27.0 Å². The summed E-state index contributed by atoms with van der Waals surface area (Å²) < 4.78 is 33.6. The van der Waals surface area contributed by atoms with E-state index in [4.69, 9.17) is 0 Å². The van der Waals surface area contributed by atoms with Gasteiger partial charge in [-0.2, -0.15) is 0 Å². The Balaban J connectivity index is 0.000000276. The summed E-state index contributed by atoms with van der Waals surface area (Å²) in [5.41, 5.74) is -0.994. The van der Waals surface area contributed by atoms with Gasteiger partial charge in [-0.15, -0.1) is 0 Å². The first-order valence-electron chi connectivity index (χ1n) is 9.13. The third-order valence-corrected chi connectivity index (χ3v) is 10.6. The highest BCUT2D eigenvalue weighted by Gasteiger charge is 2.67. The lowest BCUT2D eigenvalue weighted by atomic mass is 9.70. The van der Waals surface area contributed by atoms with Crippen molar-refractivity contribution in [1.82, 2.24) is 0 Å². The maximum absolute atomic E-state index is 12.0. The van der Waals surface area contributed by atoms with Gasteiger partial charge in [-0.1, -0.05) is 27.7 Å². The van der Waals surface area contributed by atoms with Crippen molar-refractivity contribution in [3.05, 3.63) is 0 Å². The van der Waals surface area contributed by atoms with Gasteiger partial charge in [-0.25, -0.2) is 8.42 Å². The molecule has 2 saturated carbocycles. The molecule has 152 valence electrons. The number of ketones is 2. The molecule has 7 heteroatoms. The summed E-state index contributed by atoms with van der Waals surface area (Å²) in [5.74, 6) is 0.502. The SMILES string of the molecule is CC12CCC(C(S(=O)(=O)[O-])C1=O)C2(C)C.CCC(=O)C[S+](C)C(C)(C)C. The Hall–Kier alpha value is -0.400. The van der Waals surface area contributed by atoms with Gasteiger partial charge in [-0.3, -0.25) is 9.59 Å². The van der Waals surface area contributed by atoms with Crippen LogP contribution in [0.2, 0.25) is 0 Å². The summed E-state index contributed by atoms with van der Waals surface area (Å²) >= 11 is 0. The molecule has 5 nitrogen and oxygen atoms in total. The normalized spacial score (nSPS) is 31.3. The van der Waals surface area contributed by atoms with Crippen LogP contribution in [-0.4, -0.2) is 46.5 Å². The van der Waals surface area contributed by atoms with Crippen molar-refractivity contribution in [2.24, 2.45) is 16.7 Å². The Labute approximate surface area is 161 Å². The van der Waals surface area contributed by atoms with Crippen molar-refractivity contribution >= 4 is 32.6 Å². The fourth-order valence-electron chi connectivity index (χ4n) is 3.90. The first-order valence-corrected chi connectivity index (χ1v) is 12.4. The zero-order chi connectivity index (χ0) is 20.7. The molecule has 2 bridgehead atoms. The summed E-state index contributed by atoms with van der Waals surface area (Å²) in [7, 11) is -4.26. The van der Waals surface area contributed by atoms with Gasteiger partial charge < -0.3 is 4.55 Å². The van der Waals surface area contributed by atoms with E-state index in [9.17, 15) is 22.6 Å². The summed E-state index contributed by atoms with van der Waals surface area (Å²) in [6.45, 7) is 14.1. The summed E-state index contributed by atoms with van der Waals surface area (Å²) in [6.07, 6.45) is 4.23. The highest BCUT2D eigenvalue weighted by atomic mass is 32.2. The smallest absolute Gasteiger partial charge is 0.181 e. The van der Waals surface area contributed by atoms with Crippen molar-refractivity contribution < 1.29 is 22.6 Å². The van der Waals surface area contributed by atoms with E-state index in [0.717, 1.165) is 5.75 Å². The molecule has 0 N–H and O–H groups in total. The second kappa shape index (κ2) is 7.55. The molecule has 26 heavy (non-hydrogen) atoms. The van der Waals surface area contributed by atoms with Crippen molar-refractivity contribution in [1.29, 1.82) is 0 Å². The number of carbonyl (C=O) groups excluding carboxylic acids is 2. The molecule has 0 aromatic rings. The van der Waals surface area contributed by atoms with Crippen LogP contribution >= 0.6 is 0 Å². The molecule has 2 rings (SSSR count). The number of hydrogen-bond donors (Lipinski definition) is 0. The van der Waals surface area contributed by atoms with Crippen molar-refractivity contribution in [3.8, 4) is 0 Å². The summed E-state index contributed by atoms with van der Waals surface area (Å²) in [5, 5.41) is -1.30. The van der Waals surface area contributed by atoms with E-state index in [0.29, 0.717) is 29.8 Å². The molecule has 2 aliphatic carbocycles. The fraction of sp³-hybridized carbons (Fsp3) is 0.895. The van der Waals surface area contributed by atoms with Gasteiger partial charge >= 0.3 is 0 Å². The van der Waals surface area contributed by atoms with Gasteiger partial charge in [0.1, 0.15) is 20.1 Å². The van der Waals surface area contributed by atoms with Gasteiger partial charge in [0, 0.05) is 11.8 Å². The Kier molecular flexibility index (Phi) is 6.86. The second-order valence-corrected chi connectivity index (χ2v) is 13.5. The molecule has 0 amide bonds. The first-order chi connectivity index (χ1) is 11.5. The zero-order valence-electron chi connectivity index (χ0n) is 17.3. The monoisotopic (exact) mass is 406 g/mol. The van der Waals surface area contributed by atoms with E-state index < -0.39 is 20.8 Å². The third kappa shape index (κ3) is 4.36. The average molecular weight is 407 g/mol. The van der Waals surface area contributed by atoms with Crippen LogP contribution in [0.15, 0.2) is 0 Å². The molecule has 0 saturated heterocycles. The van der Waals surface area contributed by atoms with Crippen LogP contribution in [0, 0.1) is 16.7 Å². The molecular weight excluding hydrogens is 372 g/mol. The predicted molar refractivity (Wildman–Crippen MR) is 106 cm³/mol. The van der Waals surface area contributed by atoms with Crippen molar-refractivity contribution in [2.45, 2.75) is 77.7 Å². The first kappa shape index (κ1) is 23.6. The van der Waals surface area contributed by atoms with Gasteiger partial charge in [0.25, 0.3) is 0 Å². The molecule has 4 atom stereocenters. The van der Waals surface area contributed by atoms with Crippen LogP contribution in [0.1, 0.15) is 67.7 Å². The predicted octanol–water partition coefficient (Wildman–Crippen LogP) is 2.94. The van der Waals surface area contributed by atoms with Crippen LogP contribution in [0.3, 0.4) is 0 Å². The average Bonchev–Trinajstić information content (AvgIpc) is 2.77. The molecule has 0 radical (unpaired) electrons. The second-order valence-electron chi connectivity index (χ2n) is 9.26. The number of hydrogen-bond acceptors (Lipinski definition) is 5. The molecule has 0 heterocycles. The summed E-state index contributed by atoms with van der Waals surface area (Å²) in [6, 6.07) is 0. The number of Topliss-reactive ketones (excluding diaryl/α,β-unsaturated/α-hetero) is 2. The van der Waals surface area contributed by atoms with E-state index in [-0.39, 0.29) is 28.0 Å². The Morgan fingerprint density at radius 2 is 1.77 bits per heavy atom. The number of rotatable bonds is 4. The van der Waals surface area contributed by atoms with E-state index in [1.165, 1.54) is 0 Å².